The minimum absolute atomic E-state index is 0.125. The number of hydrogen-bond donors (Lipinski definition) is 1. The second kappa shape index (κ2) is 7.72. The zero-order valence-corrected chi connectivity index (χ0v) is 18.0. The van der Waals surface area contributed by atoms with E-state index in [1.807, 2.05) is 36.9 Å². The minimum Gasteiger partial charge on any atom is -0.373 e. The van der Waals surface area contributed by atoms with Gasteiger partial charge in [0.1, 0.15) is 5.82 Å². The fraction of sp³-hybridized carbons (Fsp3) is 0.304. The molecule has 0 radical (unpaired) electrons. The number of anilines is 1. The number of rotatable bonds is 6. The fourth-order valence-corrected chi connectivity index (χ4v) is 3.86. The van der Waals surface area contributed by atoms with Crippen LogP contribution in [-0.4, -0.2) is 38.1 Å². The molecule has 5 rings (SSSR count). The van der Waals surface area contributed by atoms with Gasteiger partial charge >= 0.3 is 6.18 Å². The van der Waals surface area contributed by atoms with Crippen LogP contribution >= 0.6 is 0 Å². The van der Waals surface area contributed by atoms with Gasteiger partial charge in [-0.2, -0.15) is 23.3 Å². The maximum Gasteiger partial charge on any atom is 0.398 e. The van der Waals surface area contributed by atoms with Gasteiger partial charge in [0, 0.05) is 24.5 Å². The van der Waals surface area contributed by atoms with Gasteiger partial charge in [0.15, 0.2) is 5.69 Å². The van der Waals surface area contributed by atoms with Gasteiger partial charge in [-0.1, -0.05) is 35.5 Å². The maximum absolute atomic E-state index is 13.3. The normalized spacial score (nSPS) is 14.9. The van der Waals surface area contributed by atoms with Crippen LogP contribution in [-0.2, 0) is 12.0 Å². The Balaban J connectivity index is 1.34. The van der Waals surface area contributed by atoms with Crippen LogP contribution < -0.4 is 5.32 Å². The molecule has 1 saturated carbocycles. The molecule has 1 aliphatic rings. The molecule has 170 valence electrons. The summed E-state index contributed by atoms with van der Waals surface area (Å²) < 4.78 is 47.2. The molecule has 0 atom stereocenters. The van der Waals surface area contributed by atoms with E-state index in [2.05, 4.69) is 25.5 Å². The Labute approximate surface area is 187 Å². The zero-order valence-electron chi connectivity index (χ0n) is 18.0. The van der Waals surface area contributed by atoms with Crippen molar-refractivity contribution in [2.24, 2.45) is 0 Å². The van der Waals surface area contributed by atoms with Crippen molar-refractivity contribution in [2.75, 3.05) is 12.4 Å². The first-order valence-electron chi connectivity index (χ1n) is 10.5. The molecule has 0 saturated heterocycles. The van der Waals surface area contributed by atoms with Crippen LogP contribution in [0.5, 0.6) is 0 Å². The van der Waals surface area contributed by atoms with Crippen molar-refractivity contribution in [3.63, 3.8) is 0 Å². The topological polar surface area (TPSA) is 81.7 Å². The molecule has 3 heterocycles. The highest BCUT2D eigenvalue weighted by molar-refractivity contribution is 5.59. The van der Waals surface area contributed by atoms with Crippen LogP contribution in [0.25, 0.3) is 23.0 Å². The van der Waals surface area contributed by atoms with Crippen LogP contribution in [0.15, 0.2) is 53.2 Å². The number of nitrogens with zero attached hydrogens (tertiary/aromatic N) is 5. The average Bonchev–Trinajstić information content (AvgIpc) is 3.36. The van der Waals surface area contributed by atoms with Crippen molar-refractivity contribution in [3.8, 4) is 23.0 Å². The van der Waals surface area contributed by atoms with Crippen molar-refractivity contribution in [1.82, 2.24) is 24.9 Å². The SMILES string of the molecule is CNc1ccc(Cn2nc(-c3nc(-c4ccc(C5(C(F)(F)F)CC5)cc4)no3)cc2C)cn1. The Bertz CT molecular complexity index is 1270. The Hall–Kier alpha value is -3.69. The highest BCUT2D eigenvalue weighted by atomic mass is 19.4. The van der Waals surface area contributed by atoms with E-state index in [-0.39, 0.29) is 24.3 Å². The predicted octanol–water partition coefficient (Wildman–Crippen LogP) is 4.99. The summed E-state index contributed by atoms with van der Waals surface area (Å²) in [5.41, 5.74) is 1.57. The molecule has 1 N–H and O–H groups in total. The van der Waals surface area contributed by atoms with Gasteiger partial charge in [0.2, 0.25) is 5.82 Å². The van der Waals surface area contributed by atoms with E-state index in [0.717, 1.165) is 17.1 Å². The number of aromatic nitrogens is 5. The van der Waals surface area contributed by atoms with Gasteiger partial charge in [0.25, 0.3) is 5.89 Å². The third-order valence-electron chi connectivity index (χ3n) is 6.03. The molecule has 10 heteroatoms. The van der Waals surface area contributed by atoms with E-state index in [9.17, 15) is 13.2 Å². The van der Waals surface area contributed by atoms with Gasteiger partial charge in [-0.15, -0.1) is 0 Å². The lowest BCUT2D eigenvalue weighted by atomic mass is 9.94. The van der Waals surface area contributed by atoms with Gasteiger partial charge in [0.05, 0.1) is 12.0 Å². The van der Waals surface area contributed by atoms with Crippen LogP contribution in [0, 0.1) is 6.92 Å². The third-order valence-corrected chi connectivity index (χ3v) is 6.03. The van der Waals surface area contributed by atoms with Crippen LogP contribution in [0.4, 0.5) is 19.0 Å². The zero-order chi connectivity index (χ0) is 23.2. The summed E-state index contributed by atoms with van der Waals surface area (Å²) >= 11 is 0. The molecule has 33 heavy (non-hydrogen) atoms. The van der Waals surface area contributed by atoms with Crippen molar-refractivity contribution < 1.29 is 17.7 Å². The number of nitrogens with one attached hydrogen (secondary N) is 1. The van der Waals surface area contributed by atoms with E-state index in [1.54, 1.807) is 18.3 Å². The van der Waals surface area contributed by atoms with Crippen LogP contribution in [0.2, 0.25) is 0 Å². The highest BCUT2D eigenvalue weighted by Crippen LogP contribution is 2.58. The average molecular weight is 454 g/mol. The molecule has 0 amide bonds. The lowest BCUT2D eigenvalue weighted by Crippen LogP contribution is -2.28. The summed E-state index contributed by atoms with van der Waals surface area (Å²) in [6.45, 7) is 2.46. The van der Waals surface area contributed by atoms with Gasteiger partial charge < -0.3 is 9.84 Å². The van der Waals surface area contributed by atoms with Gasteiger partial charge in [-0.3, -0.25) is 4.68 Å². The molecule has 7 nitrogen and oxygen atoms in total. The van der Waals surface area contributed by atoms with Crippen molar-refractivity contribution in [2.45, 2.75) is 37.9 Å². The number of hydrogen-bond acceptors (Lipinski definition) is 6. The first kappa shape index (κ1) is 21.2. The largest absolute Gasteiger partial charge is 0.398 e. The smallest absolute Gasteiger partial charge is 0.373 e. The summed E-state index contributed by atoms with van der Waals surface area (Å²) in [4.78, 5) is 8.70. The Kier molecular flexibility index (Phi) is 4.95. The van der Waals surface area contributed by atoms with E-state index in [0.29, 0.717) is 23.6 Å². The standard InChI is InChI=1S/C23H21F3N6O/c1-14-11-18(30-32(14)13-15-3-8-19(27-2)28-12-15)21-29-20(31-33-21)16-4-6-17(7-5-16)22(9-10-22)23(24,25)26/h3-8,11-12H,9-10,13H2,1-2H3,(H,27,28). The monoisotopic (exact) mass is 454 g/mol. The Morgan fingerprint density at radius 1 is 1.12 bits per heavy atom. The summed E-state index contributed by atoms with van der Waals surface area (Å²) in [5, 5.41) is 11.5. The number of pyridine rings is 1. The molecular formula is C23H21F3N6O. The number of aryl methyl sites for hydroxylation is 1. The lowest BCUT2D eigenvalue weighted by Gasteiger charge is -2.19. The van der Waals surface area contributed by atoms with Crippen LogP contribution in [0.3, 0.4) is 0 Å². The molecule has 0 unspecified atom stereocenters. The van der Waals surface area contributed by atoms with Gasteiger partial charge in [-0.05, 0) is 43.0 Å². The van der Waals surface area contributed by atoms with Crippen LogP contribution in [0.1, 0.15) is 29.7 Å². The molecule has 4 aromatic rings. The quantitative estimate of drug-likeness (QED) is 0.442. The van der Waals surface area contributed by atoms with Crippen molar-refractivity contribution >= 4 is 5.82 Å². The molecule has 0 spiro atoms. The molecule has 1 fully saturated rings. The van der Waals surface area contributed by atoms with E-state index in [4.69, 9.17) is 4.52 Å². The van der Waals surface area contributed by atoms with E-state index in [1.165, 1.54) is 12.1 Å². The Morgan fingerprint density at radius 2 is 1.88 bits per heavy atom. The summed E-state index contributed by atoms with van der Waals surface area (Å²) in [5.74, 6) is 1.33. The Morgan fingerprint density at radius 3 is 2.48 bits per heavy atom. The highest BCUT2D eigenvalue weighted by Gasteiger charge is 2.64. The number of benzene rings is 1. The molecule has 1 aromatic carbocycles. The number of alkyl halides is 3. The second-order valence-corrected chi connectivity index (χ2v) is 8.21. The van der Waals surface area contributed by atoms with Crippen molar-refractivity contribution in [1.29, 1.82) is 0 Å². The lowest BCUT2D eigenvalue weighted by molar-refractivity contribution is -0.160. The fourth-order valence-electron chi connectivity index (χ4n) is 3.86. The molecule has 3 aromatic heterocycles. The maximum atomic E-state index is 13.3. The van der Waals surface area contributed by atoms with E-state index < -0.39 is 11.6 Å². The van der Waals surface area contributed by atoms with Gasteiger partial charge in [-0.25, -0.2) is 4.98 Å². The predicted molar refractivity (Wildman–Crippen MR) is 116 cm³/mol. The van der Waals surface area contributed by atoms with E-state index >= 15 is 0 Å². The molecule has 0 bridgehead atoms. The molecule has 1 aliphatic carbocycles. The number of halogens is 3. The summed E-state index contributed by atoms with van der Waals surface area (Å²) in [6.07, 6.45) is -2.21. The minimum atomic E-state index is -4.24. The summed E-state index contributed by atoms with van der Waals surface area (Å²) in [7, 11) is 1.81. The molecular weight excluding hydrogens is 433 g/mol. The molecule has 0 aliphatic heterocycles. The second-order valence-electron chi connectivity index (χ2n) is 8.21. The third kappa shape index (κ3) is 3.85. The van der Waals surface area contributed by atoms with Crippen molar-refractivity contribution in [3.05, 3.63) is 65.5 Å². The summed E-state index contributed by atoms with van der Waals surface area (Å²) in [6, 6.07) is 11.9. The first-order chi connectivity index (χ1) is 15.8. The first-order valence-corrected chi connectivity index (χ1v) is 10.5.